The van der Waals surface area contributed by atoms with Gasteiger partial charge in [0.05, 0.1) is 11.2 Å². The molecule has 1 aliphatic heterocycles. The molecule has 4 aromatic heterocycles. The molecule has 5 aromatic carbocycles. The van der Waals surface area contributed by atoms with Crippen LogP contribution >= 0.6 is 0 Å². The van der Waals surface area contributed by atoms with E-state index in [2.05, 4.69) is 64.5 Å². The number of pyridine rings is 2. The van der Waals surface area contributed by atoms with Crippen molar-refractivity contribution in [3.63, 3.8) is 0 Å². The molecule has 0 amide bonds. The summed E-state index contributed by atoms with van der Waals surface area (Å²) in [5.74, 6) is 0.831. The summed E-state index contributed by atoms with van der Waals surface area (Å²) in [6.07, 6.45) is 4.23. The number of fused-ring (bicyclic) bond motifs is 11. The smallest absolute Gasteiger partial charge is 0.150 e. The zero-order valence-electron chi connectivity index (χ0n) is 26.4. The average Bonchev–Trinajstić information content (AvgIpc) is 3.76. The van der Waals surface area contributed by atoms with Crippen molar-refractivity contribution in [2.24, 2.45) is 0 Å². The number of benzene rings is 5. The van der Waals surface area contributed by atoms with Gasteiger partial charge in [-0.2, -0.15) is 0 Å². The van der Waals surface area contributed by atoms with Crippen LogP contribution in [0.15, 0.2) is 138 Å². The van der Waals surface area contributed by atoms with Gasteiger partial charge in [-0.1, -0.05) is 80.6 Å². The van der Waals surface area contributed by atoms with Crippen molar-refractivity contribution in [2.45, 2.75) is 25.4 Å². The predicted molar refractivity (Wildman–Crippen MR) is 191 cm³/mol. The highest BCUT2D eigenvalue weighted by Crippen LogP contribution is 2.53. The van der Waals surface area contributed by atoms with Crippen molar-refractivity contribution < 1.29 is 8.81 Å². The Labute approximate surface area is 275 Å². The molecule has 5 heterocycles. The number of aromatic nitrogens is 3. The number of hydrogen-bond donors (Lipinski definition) is 0. The van der Waals surface area contributed by atoms with Crippen LogP contribution in [0.4, 0.5) is 21.6 Å². The lowest BCUT2D eigenvalue weighted by atomic mass is 9.74. The van der Waals surface area contributed by atoms with Crippen LogP contribution in [0.5, 0.6) is 0 Å². The Morgan fingerprint density at radius 2 is 1.48 bits per heavy atom. The van der Waals surface area contributed by atoms with E-state index in [-0.39, 0.29) is 5.41 Å². The lowest BCUT2D eigenvalue weighted by molar-refractivity contribution is 0.402. The first-order valence-corrected chi connectivity index (χ1v) is 16.2. The van der Waals surface area contributed by atoms with Crippen molar-refractivity contribution in [3.05, 3.63) is 156 Å². The minimum Gasteiger partial charge on any atom is -0.456 e. The van der Waals surface area contributed by atoms with Gasteiger partial charge in [0.25, 0.3) is 0 Å². The first kappa shape index (κ1) is 27.1. The summed E-state index contributed by atoms with van der Waals surface area (Å²) in [5.41, 5.74) is 8.48. The summed E-state index contributed by atoms with van der Waals surface area (Å²) in [5, 5.41) is 5.26. The lowest BCUT2D eigenvalue weighted by Gasteiger charge is -2.41. The summed E-state index contributed by atoms with van der Waals surface area (Å²) in [6.45, 7) is 4.48. The Morgan fingerprint density at radius 1 is 0.646 bits per heavy atom. The van der Waals surface area contributed by atoms with Crippen molar-refractivity contribution >= 4 is 66.5 Å². The molecule has 5 nitrogen and oxygen atoms in total. The molecule has 0 bridgehead atoms. The fraction of sp³-hybridized carbons (Fsp3) is 0.0952. The molecule has 9 aromatic rings. The molecule has 0 N–H and O–H groups in total. The fourth-order valence-corrected chi connectivity index (χ4v) is 7.79. The third-order valence-electron chi connectivity index (χ3n) is 10.2. The molecule has 1 atom stereocenters. The van der Waals surface area contributed by atoms with Crippen LogP contribution in [-0.2, 0) is 5.41 Å². The molecule has 6 heteroatoms. The molecule has 0 saturated carbocycles. The Bertz CT molecular complexity index is 2760. The second kappa shape index (κ2) is 9.75. The maximum Gasteiger partial charge on any atom is 0.150 e. The van der Waals surface area contributed by atoms with E-state index in [0.29, 0.717) is 11.1 Å². The van der Waals surface area contributed by atoms with Gasteiger partial charge in [0, 0.05) is 62.9 Å². The average molecular weight is 625 g/mol. The maximum atomic E-state index is 16.7. The van der Waals surface area contributed by atoms with E-state index in [1.165, 1.54) is 0 Å². The van der Waals surface area contributed by atoms with E-state index in [4.69, 9.17) is 9.40 Å². The number of imidazole rings is 1. The largest absolute Gasteiger partial charge is 0.456 e. The maximum absolute atomic E-state index is 16.7. The van der Waals surface area contributed by atoms with Gasteiger partial charge in [-0.15, -0.1) is 0 Å². The topological polar surface area (TPSA) is 46.6 Å². The highest BCUT2D eigenvalue weighted by Gasteiger charge is 2.38. The molecule has 230 valence electrons. The normalized spacial score (nSPS) is 14.6. The molecule has 0 fully saturated rings. The lowest BCUT2D eigenvalue weighted by Crippen LogP contribution is -2.31. The molecule has 1 unspecified atom stereocenters. The van der Waals surface area contributed by atoms with E-state index in [1.807, 2.05) is 91.3 Å². The summed E-state index contributed by atoms with van der Waals surface area (Å²) < 4.78 is 25.2. The van der Waals surface area contributed by atoms with E-state index in [0.717, 1.165) is 77.6 Å². The number of rotatable bonds is 3. The first-order chi connectivity index (χ1) is 23.5. The summed E-state index contributed by atoms with van der Waals surface area (Å²) in [7, 11) is 0. The quantitative estimate of drug-likeness (QED) is 0.184. The number of nitrogens with zero attached hydrogens (tertiary/aromatic N) is 4. The summed E-state index contributed by atoms with van der Waals surface area (Å²) in [4.78, 5) is 11.7. The van der Waals surface area contributed by atoms with Crippen LogP contribution in [0.1, 0.15) is 42.3 Å². The molecule has 0 radical (unpaired) electrons. The first-order valence-electron chi connectivity index (χ1n) is 16.2. The molecular formula is C42H29FN4O. The molecule has 1 aliphatic rings. The molecule has 10 rings (SSSR count). The van der Waals surface area contributed by atoms with Crippen LogP contribution in [0, 0.1) is 0 Å². The highest BCUT2D eigenvalue weighted by molar-refractivity contribution is 6.12. The second-order valence-electron chi connectivity index (χ2n) is 13.2. The number of para-hydroxylation sites is 2. The van der Waals surface area contributed by atoms with Crippen molar-refractivity contribution in [2.75, 3.05) is 4.90 Å². The minimum atomic E-state index is -1.35. The Kier molecular flexibility index (Phi) is 5.51. The van der Waals surface area contributed by atoms with Gasteiger partial charge in [-0.3, -0.25) is 9.30 Å². The molecule has 0 saturated heterocycles. The second-order valence-corrected chi connectivity index (χ2v) is 13.2. The Balaban J connectivity index is 1.14. The summed E-state index contributed by atoms with van der Waals surface area (Å²) in [6, 6.07) is 38.6. The molecule has 0 aliphatic carbocycles. The van der Waals surface area contributed by atoms with Crippen molar-refractivity contribution in [3.8, 4) is 0 Å². The molecule has 48 heavy (non-hydrogen) atoms. The summed E-state index contributed by atoms with van der Waals surface area (Å²) >= 11 is 0. The Morgan fingerprint density at radius 3 is 2.40 bits per heavy atom. The van der Waals surface area contributed by atoms with Gasteiger partial charge < -0.3 is 4.42 Å². The molecule has 0 spiro atoms. The monoisotopic (exact) mass is 624 g/mol. The van der Waals surface area contributed by atoms with Crippen LogP contribution < -0.4 is 4.90 Å². The number of furan rings is 1. The zero-order valence-corrected chi connectivity index (χ0v) is 26.4. The fourth-order valence-electron chi connectivity index (χ4n) is 7.79. The molecular weight excluding hydrogens is 595 g/mol. The number of anilines is 3. The van der Waals surface area contributed by atoms with Gasteiger partial charge in [0.2, 0.25) is 0 Å². The predicted octanol–water partition coefficient (Wildman–Crippen LogP) is 11.1. The van der Waals surface area contributed by atoms with E-state index in [9.17, 15) is 0 Å². The Hall–Kier alpha value is -6.01. The van der Waals surface area contributed by atoms with E-state index >= 15 is 4.39 Å². The van der Waals surface area contributed by atoms with E-state index in [1.54, 1.807) is 6.20 Å². The third kappa shape index (κ3) is 3.71. The third-order valence-corrected chi connectivity index (χ3v) is 10.2. The standard InChI is InChI=1S/C42H29FN4O/c1-42(2)33-13-8-18-44-41(33)47(36-24-38-31(23-34(36)42)30-12-4-6-15-37(30)48-38)27-10-7-9-25(21-27)39(43)26-16-17-28-29-11-3-5-14-35(29)46-20-19-45-40(46)32(28)22-26/h3-24,39H,1-2H3. The van der Waals surface area contributed by atoms with Gasteiger partial charge in [0.15, 0.2) is 6.17 Å². The minimum absolute atomic E-state index is 0.324. The van der Waals surface area contributed by atoms with Crippen LogP contribution in [0.2, 0.25) is 0 Å². The van der Waals surface area contributed by atoms with Gasteiger partial charge in [0.1, 0.15) is 22.6 Å². The van der Waals surface area contributed by atoms with Gasteiger partial charge >= 0.3 is 0 Å². The highest BCUT2D eigenvalue weighted by atomic mass is 19.1. The SMILES string of the molecule is CC1(C)c2cc3c(cc2N(c2cccc(C(F)c4ccc5c6ccccc6n6ccnc6c5c4)c2)c2ncccc21)oc1ccccc13. The van der Waals surface area contributed by atoms with Crippen LogP contribution in [0.3, 0.4) is 0 Å². The number of hydrogen-bond acceptors (Lipinski definition) is 4. The number of halogens is 1. The van der Waals surface area contributed by atoms with E-state index < -0.39 is 6.17 Å². The van der Waals surface area contributed by atoms with Crippen molar-refractivity contribution in [1.29, 1.82) is 0 Å². The van der Waals surface area contributed by atoms with Gasteiger partial charge in [-0.25, -0.2) is 14.4 Å². The van der Waals surface area contributed by atoms with Crippen LogP contribution in [-0.4, -0.2) is 14.4 Å². The number of alkyl halides is 1. The van der Waals surface area contributed by atoms with Crippen LogP contribution in [0.25, 0.3) is 49.3 Å². The van der Waals surface area contributed by atoms with Crippen molar-refractivity contribution in [1.82, 2.24) is 14.4 Å². The zero-order chi connectivity index (χ0) is 32.1. The van der Waals surface area contributed by atoms with Gasteiger partial charge in [-0.05, 0) is 64.5 Å².